The molecule has 0 unspecified atom stereocenters. The zero-order valence-corrected chi connectivity index (χ0v) is 9.63. The van der Waals surface area contributed by atoms with Gasteiger partial charge in [0.2, 0.25) is 0 Å². The molecule has 72 valence electrons. The first-order chi connectivity index (χ1) is 5.00. The summed E-state index contributed by atoms with van der Waals surface area (Å²) >= 11 is 0. The van der Waals surface area contributed by atoms with Gasteiger partial charge >= 0.3 is 0 Å². The van der Waals surface area contributed by atoms with Crippen LogP contribution in [0.3, 0.4) is 0 Å². The van der Waals surface area contributed by atoms with Crippen molar-refractivity contribution in [3.05, 3.63) is 0 Å². The Balaban J connectivity index is 3.26. The first-order valence-corrected chi connectivity index (χ1v) is 5.90. The lowest BCUT2D eigenvalue weighted by Crippen LogP contribution is -2.64. The second-order valence-corrected chi connectivity index (χ2v) is 8.58. The average Bonchev–Trinajstić information content (AvgIpc) is 1.84. The number of hydrogen-bond acceptors (Lipinski definition) is 1. The molecule has 1 heterocycles. The van der Waals surface area contributed by atoms with E-state index in [9.17, 15) is 8.76 Å². The van der Waals surface area contributed by atoms with Gasteiger partial charge in [-0.15, -0.1) is 0 Å². The minimum Gasteiger partial charge on any atom is -0.287 e. The standard InChI is InChI=1S/C9H18FOP/c1-7(2)8(3,4)12(10,11)9(7,5)6/h1-6H3. The molecule has 0 aliphatic carbocycles. The molecule has 3 heteroatoms. The largest absolute Gasteiger partial charge is 0.287 e. The van der Waals surface area contributed by atoms with Crippen LogP contribution in [-0.4, -0.2) is 10.3 Å². The molecule has 0 aromatic rings. The molecule has 0 bridgehead atoms. The number of hydrogen-bond donors (Lipinski definition) is 0. The molecular formula is C9H18FOP. The van der Waals surface area contributed by atoms with Crippen molar-refractivity contribution >= 4 is 7.45 Å². The van der Waals surface area contributed by atoms with E-state index in [1.165, 1.54) is 0 Å². The van der Waals surface area contributed by atoms with E-state index in [1.807, 2.05) is 13.8 Å². The summed E-state index contributed by atoms with van der Waals surface area (Å²) in [6, 6.07) is 0. The van der Waals surface area contributed by atoms with E-state index in [0.717, 1.165) is 0 Å². The lowest BCUT2D eigenvalue weighted by atomic mass is 9.69. The molecule has 0 amide bonds. The van der Waals surface area contributed by atoms with Gasteiger partial charge in [0.25, 0.3) is 7.45 Å². The van der Waals surface area contributed by atoms with Gasteiger partial charge < -0.3 is 0 Å². The molecule has 1 aliphatic heterocycles. The number of rotatable bonds is 0. The Morgan fingerprint density at radius 1 is 0.917 bits per heavy atom. The average molecular weight is 192 g/mol. The van der Waals surface area contributed by atoms with Gasteiger partial charge in [0, 0.05) is 0 Å². The summed E-state index contributed by atoms with van der Waals surface area (Å²) in [5.41, 5.74) is -0.190. The van der Waals surface area contributed by atoms with Crippen molar-refractivity contribution in [2.45, 2.75) is 51.9 Å². The zero-order valence-electron chi connectivity index (χ0n) is 8.73. The van der Waals surface area contributed by atoms with Crippen molar-refractivity contribution in [1.29, 1.82) is 0 Å². The van der Waals surface area contributed by atoms with Crippen LogP contribution in [0.4, 0.5) is 4.20 Å². The van der Waals surface area contributed by atoms with E-state index in [4.69, 9.17) is 0 Å². The van der Waals surface area contributed by atoms with E-state index in [-0.39, 0.29) is 5.41 Å². The molecule has 0 aromatic heterocycles. The molecule has 1 rings (SSSR count). The van der Waals surface area contributed by atoms with Crippen LogP contribution in [0.1, 0.15) is 41.5 Å². The smallest absolute Gasteiger partial charge is 0.255 e. The minimum atomic E-state index is -3.49. The van der Waals surface area contributed by atoms with Crippen molar-refractivity contribution in [2.75, 3.05) is 0 Å². The highest BCUT2D eigenvalue weighted by Gasteiger charge is 2.76. The molecule has 0 N–H and O–H groups in total. The third kappa shape index (κ3) is 0.652. The van der Waals surface area contributed by atoms with E-state index < -0.39 is 17.8 Å². The van der Waals surface area contributed by atoms with Crippen LogP contribution in [0.5, 0.6) is 0 Å². The van der Waals surface area contributed by atoms with E-state index in [2.05, 4.69) is 0 Å². The minimum absolute atomic E-state index is 0.190. The number of halogens is 1. The molecule has 12 heavy (non-hydrogen) atoms. The normalized spacial score (nSPS) is 33.9. The Morgan fingerprint density at radius 3 is 1.25 bits per heavy atom. The van der Waals surface area contributed by atoms with Crippen molar-refractivity contribution in [1.82, 2.24) is 0 Å². The van der Waals surface area contributed by atoms with E-state index >= 15 is 0 Å². The summed E-state index contributed by atoms with van der Waals surface area (Å²) < 4.78 is 25.5. The molecular weight excluding hydrogens is 174 g/mol. The molecule has 0 aromatic carbocycles. The van der Waals surface area contributed by atoms with Crippen molar-refractivity contribution in [3.63, 3.8) is 0 Å². The fourth-order valence-electron chi connectivity index (χ4n) is 2.11. The van der Waals surface area contributed by atoms with Crippen LogP contribution in [-0.2, 0) is 4.57 Å². The second kappa shape index (κ2) is 1.97. The quantitative estimate of drug-likeness (QED) is 0.533. The van der Waals surface area contributed by atoms with Crippen molar-refractivity contribution in [2.24, 2.45) is 5.41 Å². The van der Waals surface area contributed by atoms with Crippen LogP contribution < -0.4 is 0 Å². The lowest BCUT2D eigenvalue weighted by molar-refractivity contribution is 0.124. The van der Waals surface area contributed by atoms with Gasteiger partial charge in [0.1, 0.15) is 0 Å². The van der Waals surface area contributed by atoms with Crippen molar-refractivity contribution in [3.8, 4) is 0 Å². The van der Waals surface area contributed by atoms with Crippen LogP contribution in [0.2, 0.25) is 0 Å². The maximum absolute atomic E-state index is 13.8. The highest BCUT2D eigenvalue weighted by Crippen LogP contribution is 2.87. The Bertz CT molecular complexity index is 244. The third-order valence-corrected chi connectivity index (χ3v) is 8.49. The summed E-state index contributed by atoms with van der Waals surface area (Å²) in [7, 11) is -3.49. The molecule has 1 aliphatic rings. The molecule has 1 nitrogen and oxygen atoms in total. The zero-order chi connectivity index (χ0) is 10.0. The third-order valence-electron chi connectivity index (χ3n) is 4.50. The highest BCUT2D eigenvalue weighted by molar-refractivity contribution is 7.63. The lowest BCUT2D eigenvalue weighted by Gasteiger charge is -2.65. The summed E-state index contributed by atoms with van der Waals surface area (Å²) in [5.74, 6) is 0. The highest BCUT2D eigenvalue weighted by atomic mass is 31.2. The van der Waals surface area contributed by atoms with E-state index in [1.54, 1.807) is 27.7 Å². The molecule has 1 saturated heterocycles. The summed E-state index contributed by atoms with van der Waals surface area (Å²) in [6.07, 6.45) is 0. The Morgan fingerprint density at radius 2 is 1.17 bits per heavy atom. The van der Waals surface area contributed by atoms with Gasteiger partial charge in [-0.05, 0) is 33.1 Å². The van der Waals surface area contributed by atoms with Gasteiger partial charge in [-0.2, -0.15) is 4.20 Å². The SMILES string of the molecule is CC1(C)C(C)(C)P(=O)(F)C1(C)C. The fourth-order valence-corrected chi connectivity index (χ4v) is 5.34. The Kier molecular flexibility index (Phi) is 1.68. The van der Waals surface area contributed by atoms with Crippen LogP contribution in [0.25, 0.3) is 0 Å². The van der Waals surface area contributed by atoms with Gasteiger partial charge in [-0.1, -0.05) is 13.8 Å². The molecule has 0 saturated carbocycles. The van der Waals surface area contributed by atoms with Gasteiger partial charge in [-0.3, -0.25) is 4.57 Å². The topological polar surface area (TPSA) is 17.1 Å². The van der Waals surface area contributed by atoms with E-state index in [0.29, 0.717) is 0 Å². The second-order valence-electron chi connectivity index (χ2n) is 5.28. The van der Waals surface area contributed by atoms with Crippen LogP contribution >= 0.6 is 7.45 Å². The van der Waals surface area contributed by atoms with Gasteiger partial charge in [0.05, 0.1) is 10.3 Å². The van der Waals surface area contributed by atoms with Gasteiger partial charge in [0.15, 0.2) is 0 Å². The maximum atomic E-state index is 13.8. The molecule has 1 fully saturated rings. The van der Waals surface area contributed by atoms with Gasteiger partial charge in [-0.25, -0.2) is 0 Å². The summed E-state index contributed by atoms with van der Waals surface area (Å²) in [5, 5.41) is -1.33. The van der Waals surface area contributed by atoms with Crippen LogP contribution in [0.15, 0.2) is 0 Å². The first-order valence-electron chi connectivity index (χ1n) is 4.30. The monoisotopic (exact) mass is 192 g/mol. The molecule has 0 spiro atoms. The Hall–Kier alpha value is 0.160. The predicted octanol–water partition coefficient (Wildman–Crippen LogP) is 3.83. The predicted molar refractivity (Wildman–Crippen MR) is 50.7 cm³/mol. The molecule has 0 atom stereocenters. The van der Waals surface area contributed by atoms with Crippen LogP contribution in [0, 0.1) is 5.41 Å². The summed E-state index contributed by atoms with van der Waals surface area (Å²) in [4.78, 5) is 0. The fraction of sp³-hybridized carbons (Fsp3) is 1.00. The molecule has 0 radical (unpaired) electrons. The Labute approximate surface area is 74.2 Å². The summed E-state index contributed by atoms with van der Waals surface area (Å²) in [6.45, 7) is 11.0. The first kappa shape index (κ1) is 10.2. The maximum Gasteiger partial charge on any atom is 0.255 e. The van der Waals surface area contributed by atoms with Crippen molar-refractivity contribution < 1.29 is 8.76 Å².